The molecule has 0 saturated carbocycles. The zero-order valence-corrected chi connectivity index (χ0v) is 15.9. The Morgan fingerprint density at radius 2 is 2.04 bits per heavy atom. The van der Waals surface area contributed by atoms with Crippen LogP contribution in [0.3, 0.4) is 0 Å². The van der Waals surface area contributed by atoms with Crippen LogP contribution in [-0.2, 0) is 25.5 Å². The molecule has 2 aliphatic rings. The van der Waals surface area contributed by atoms with Crippen molar-refractivity contribution in [3.63, 3.8) is 0 Å². The quantitative estimate of drug-likeness (QED) is 0.741. The monoisotopic (exact) mass is 377 g/mol. The summed E-state index contributed by atoms with van der Waals surface area (Å²) in [6, 6.07) is 6.51. The van der Waals surface area contributed by atoms with Crippen molar-refractivity contribution in [1.82, 2.24) is 4.90 Å². The third kappa shape index (κ3) is 4.49. The number of piperidine rings is 1. The van der Waals surface area contributed by atoms with Crippen LogP contribution in [0.4, 0.5) is 4.39 Å². The first kappa shape index (κ1) is 19.8. The topological polar surface area (TPSA) is 55.8 Å². The summed E-state index contributed by atoms with van der Waals surface area (Å²) in [5.74, 6) is -0.628. The van der Waals surface area contributed by atoms with Gasteiger partial charge in [-0.15, -0.1) is 0 Å². The molecule has 1 amide bonds. The third-order valence-electron chi connectivity index (χ3n) is 5.65. The number of carbonyl (C=O) groups excluding carboxylic acids is 2. The minimum atomic E-state index is -0.892. The molecule has 5 nitrogen and oxygen atoms in total. The Balaban J connectivity index is 1.82. The first-order chi connectivity index (χ1) is 13.1. The van der Waals surface area contributed by atoms with Crippen LogP contribution in [0.2, 0.25) is 0 Å². The molecule has 6 heteroatoms. The molecule has 148 valence electrons. The summed E-state index contributed by atoms with van der Waals surface area (Å²) in [4.78, 5) is 27.7. The van der Waals surface area contributed by atoms with Gasteiger partial charge in [-0.2, -0.15) is 0 Å². The van der Waals surface area contributed by atoms with E-state index in [2.05, 4.69) is 0 Å². The van der Waals surface area contributed by atoms with Crippen LogP contribution in [-0.4, -0.2) is 49.7 Å². The Bertz CT molecular complexity index is 674. The fourth-order valence-electron chi connectivity index (χ4n) is 4.20. The van der Waals surface area contributed by atoms with Gasteiger partial charge in [0.05, 0.1) is 12.0 Å². The molecule has 27 heavy (non-hydrogen) atoms. The predicted molar refractivity (Wildman–Crippen MR) is 98.5 cm³/mol. The minimum absolute atomic E-state index is 0.0507. The Kier molecular flexibility index (Phi) is 6.47. The number of hydrogen-bond acceptors (Lipinski definition) is 4. The summed E-state index contributed by atoms with van der Waals surface area (Å²) in [5, 5.41) is 0. The summed E-state index contributed by atoms with van der Waals surface area (Å²) in [5.41, 5.74) is -0.400. The number of ether oxygens (including phenoxy) is 2. The van der Waals surface area contributed by atoms with Gasteiger partial charge < -0.3 is 14.4 Å². The normalized spacial score (nSPS) is 23.9. The molecule has 3 rings (SSSR count). The van der Waals surface area contributed by atoms with Crippen molar-refractivity contribution in [3.8, 4) is 0 Å². The molecule has 0 N–H and O–H groups in total. The lowest BCUT2D eigenvalue weighted by atomic mass is 9.74. The minimum Gasteiger partial charge on any atom is -0.466 e. The molecule has 2 fully saturated rings. The number of likely N-dealkylation sites (tertiary alicyclic amines) is 1. The first-order valence-corrected chi connectivity index (χ1v) is 9.83. The van der Waals surface area contributed by atoms with E-state index in [0.717, 1.165) is 12.8 Å². The lowest BCUT2D eigenvalue weighted by Gasteiger charge is -2.42. The van der Waals surface area contributed by atoms with Crippen molar-refractivity contribution in [2.75, 3.05) is 32.9 Å². The molecule has 1 aromatic carbocycles. The smallest absolute Gasteiger partial charge is 0.314 e. The molecule has 0 bridgehead atoms. The zero-order valence-electron chi connectivity index (χ0n) is 15.9. The van der Waals surface area contributed by atoms with Crippen LogP contribution in [0.15, 0.2) is 24.3 Å². The van der Waals surface area contributed by atoms with E-state index in [1.165, 1.54) is 6.07 Å². The molecule has 2 aliphatic heterocycles. The maximum atomic E-state index is 14.3. The molecule has 2 heterocycles. The Hall–Kier alpha value is -1.95. The van der Waals surface area contributed by atoms with Crippen LogP contribution in [0, 0.1) is 17.2 Å². The van der Waals surface area contributed by atoms with E-state index in [9.17, 15) is 14.0 Å². The third-order valence-corrected chi connectivity index (χ3v) is 5.65. The summed E-state index contributed by atoms with van der Waals surface area (Å²) in [7, 11) is 0. The van der Waals surface area contributed by atoms with Crippen LogP contribution in [0.5, 0.6) is 0 Å². The number of benzene rings is 1. The molecule has 1 atom stereocenters. The second kappa shape index (κ2) is 8.83. The highest BCUT2D eigenvalue weighted by molar-refractivity contribution is 5.82. The van der Waals surface area contributed by atoms with E-state index in [0.29, 0.717) is 38.2 Å². The molecule has 0 unspecified atom stereocenters. The number of carbonyl (C=O) groups is 2. The predicted octanol–water partition coefficient (Wildman–Crippen LogP) is 2.97. The van der Waals surface area contributed by atoms with Gasteiger partial charge in [0.15, 0.2) is 0 Å². The van der Waals surface area contributed by atoms with Gasteiger partial charge in [-0.05, 0) is 50.7 Å². The largest absolute Gasteiger partial charge is 0.466 e. The van der Waals surface area contributed by atoms with Crippen LogP contribution in [0.1, 0.15) is 38.2 Å². The van der Waals surface area contributed by atoms with Gasteiger partial charge in [0.25, 0.3) is 0 Å². The van der Waals surface area contributed by atoms with Gasteiger partial charge in [-0.3, -0.25) is 9.59 Å². The number of hydrogen-bond donors (Lipinski definition) is 0. The highest BCUT2D eigenvalue weighted by atomic mass is 19.1. The lowest BCUT2D eigenvalue weighted by molar-refractivity contribution is -0.162. The van der Waals surface area contributed by atoms with Gasteiger partial charge >= 0.3 is 5.97 Å². The van der Waals surface area contributed by atoms with E-state index in [4.69, 9.17) is 9.47 Å². The van der Waals surface area contributed by atoms with Gasteiger partial charge in [-0.1, -0.05) is 18.2 Å². The first-order valence-electron chi connectivity index (χ1n) is 9.83. The maximum absolute atomic E-state index is 14.3. The summed E-state index contributed by atoms with van der Waals surface area (Å²) in [6.45, 7) is 4.16. The zero-order chi connectivity index (χ0) is 19.3. The molecule has 1 aromatic rings. The Morgan fingerprint density at radius 1 is 1.30 bits per heavy atom. The van der Waals surface area contributed by atoms with Crippen LogP contribution >= 0.6 is 0 Å². The summed E-state index contributed by atoms with van der Waals surface area (Å²) in [6.07, 6.45) is 2.99. The molecule has 0 spiro atoms. The van der Waals surface area contributed by atoms with Crippen molar-refractivity contribution in [2.24, 2.45) is 11.3 Å². The number of nitrogens with zero attached hydrogens (tertiary/aromatic N) is 1. The SMILES string of the molecule is CCOC(=O)[C@]1(Cc2ccccc2F)CCCN(C(=O)C2CCOCC2)C1. The van der Waals surface area contributed by atoms with Gasteiger partial charge in [-0.25, -0.2) is 4.39 Å². The van der Waals surface area contributed by atoms with Crippen LogP contribution in [0.25, 0.3) is 0 Å². The van der Waals surface area contributed by atoms with Crippen LogP contribution < -0.4 is 0 Å². The standard InChI is InChI=1S/C21H28FNO4/c1-2-27-20(25)21(14-17-6-3-4-7-18(17)22)10-5-11-23(15-21)19(24)16-8-12-26-13-9-16/h3-4,6-7,16H,2,5,8-15H2,1H3/t21-/m0/s1. The van der Waals surface area contributed by atoms with E-state index < -0.39 is 5.41 Å². The molecule has 0 radical (unpaired) electrons. The van der Waals surface area contributed by atoms with E-state index in [1.54, 1.807) is 30.0 Å². The van der Waals surface area contributed by atoms with Gasteiger partial charge in [0.2, 0.25) is 5.91 Å². The van der Waals surface area contributed by atoms with Gasteiger partial charge in [0.1, 0.15) is 5.82 Å². The fraction of sp³-hybridized carbons (Fsp3) is 0.619. The Labute approximate surface area is 159 Å². The van der Waals surface area contributed by atoms with Gasteiger partial charge in [0, 0.05) is 32.2 Å². The fourth-order valence-corrected chi connectivity index (χ4v) is 4.20. The lowest BCUT2D eigenvalue weighted by Crippen LogP contribution is -2.53. The van der Waals surface area contributed by atoms with E-state index in [-0.39, 0.29) is 43.2 Å². The number of rotatable bonds is 5. The van der Waals surface area contributed by atoms with Crippen molar-refractivity contribution >= 4 is 11.9 Å². The highest BCUT2D eigenvalue weighted by Gasteiger charge is 2.46. The molecular weight excluding hydrogens is 349 g/mol. The number of halogens is 1. The molecule has 2 saturated heterocycles. The average Bonchev–Trinajstić information content (AvgIpc) is 2.70. The number of amides is 1. The molecule has 0 aromatic heterocycles. The second-order valence-electron chi connectivity index (χ2n) is 7.52. The van der Waals surface area contributed by atoms with Crippen molar-refractivity contribution in [1.29, 1.82) is 0 Å². The molecule has 0 aliphatic carbocycles. The summed E-state index contributed by atoms with van der Waals surface area (Å²) < 4.78 is 25.0. The highest BCUT2D eigenvalue weighted by Crippen LogP contribution is 2.37. The van der Waals surface area contributed by atoms with E-state index in [1.807, 2.05) is 0 Å². The average molecular weight is 377 g/mol. The van der Waals surface area contributed by atoms with Crippen molar-refractivity contribution in [3.05, 3.63) is 35.6 Å². The number of esters is 1. The maximum Gasteiger partial charge on any atom is 0.314 e. The van der Waals surface area contributed by atoms with Crippen molar-refractivity contribution < 1.29 is 23.5 Å². The Morgan fingerprint density at radius 3 is 2.74 bits per heavy atom. The molecular formula is C21H28FNO4. The van der Waals surface area contributed by atoms with E-state index >= 15 is 0 Å². The second-order valence-corrected chi connectivity index (χ2v) is 7.52. The summed E-state index contributed by atoms with van der Waals surface area (Å²) >= 11 is 0. The van der Waals surface area contributed by atoms with Crippen molar-refractivity contribution in [2.45, 2.75) is 39.0 Å².